The van der Waals surface area contributed by atoms with Gasteiger partial charge in [-0.2, -0.15) is 11.8 Å². The van der Waals surface area contributed by atoms with E-state index in [1.54, 1.807) is 0 Å². The molecular formula is C14H17N3S. The zero-order valence-corrected chi connectivity index (χ0v) is 11.5. The van der Waals surface area contributed by atoms with Crippen molar-refractivity contribution in [3.05, 3.63) is 47.8 Å². The summed E-state index contributed by atoms with van der Waals surface area (Å²) in [6.07, 6.45) is 0. The second-order valence-electron chi connectivity index (χ2n) is 3.95. The van der Waals surface area contributed by atoms with Gasteiger partial charge >= 0.3 is 0 Å². The molecule has 3 nitrogen and oxygen atoms in total. The maximum Gasteiger partial charge on any atom is 0.227 e. The fraction of sp³-hybridized carbons (Fsp3) is 0.286. The van der Waals surface area contributed by atoms with Gasteiger partial charge in [-0.25, -0.2) is 9.97 Å². The second-order valence-corrected chi connectivity index (χ2v) is 5.23. The van der Waals surface area contributed by atoms with Crippen LogP contribution in [0.2, 0.25) is 0 Å². The van der Waals surface area contributed by atoms with Gasteiger partial charge in [-0.15, -0.1) is 0 Å². The van der Waals surface area contributed by atoms with E-state index in [4.69, 9.17) is 0 Å². The van der Waals surface area contributed by atoms with Gasteiger partial charge in [-0.3, -0.25) is 0 Å². The number of hydrogen-bond acceptors (Lipinski definition) is 4. The summed E-state index contributed by atoms with van der Waals surface area (Å²) in [5.74, 6) is 2.71. The SMILES string of the molecule is CCSCc1cc(C)nc(Nc2ccccc2)n1. The Bertz CT molecular complexity index is 500. The van der Waals surface area contributed by atoms with Crippen LogP contribution in [0.4, 0.5) is 11.6 Å². The van der Waals surface area contributed by atoms with E-state index >= 15 is 0 Å². The molecule has 0 amide bonds. The van der Waals surface area contributed by atoms with Gasteiger partial charge in [0, 0.05) is 17.1 Å². The third-order valence-electron chi connectivity index (χ3n) is 2.39. The highest BCUT2D eigenvalue weighted by Gasteiger charge is 2.02. The molecule has 0 spiro atoms. The number of nitrogens with zero attached hydrogens (tertiary/aromatic N) is 2. The van der Waals surface area contributed by atoms with E-state index in [-0.39, 0.29) is 0 Å². The number of anilines is 2. The van der Waals surface area contributed by atoms with Crippen LogP contribution in [-0.2, 0) is 5.75 Å². The highest BCUT2D eigenvalue weighted by molar-refractivity contribution is 7.98. The van der Waals surface area contributed by atoms with E-state index in [0.717, 1.165) is 28.6 Å². The van der Waals surface area contributed by atoms with Crippen LogP contribution in [0.1, 0.15) is 18.3 Å². The molecule has 2 aromatic rings. The van der Waals surface area contributed by atoms with E-state index < -0.39 is 0 Å². The Labute approximate surface area is 112 Å². The van der Waals surface area contributed by atoms with Crippen molar-refractivity contribution in [1.29, 1.82) is 0 Å². The van der Waals surface area contributed by atoms with Crippen molar-refractivity contribution in [2.45, 2.75) is 19.6 Å². The van der Waals surface area contributed by atoms with Crippen molar-refractivity contribution in [2.75, 3.05) is 11.1 Å². The summed E-state index contributed by atoms with van der Waals surface area (Å²) < 4.78 is 0. The number of para-hydroxylation sites is 1. The Morgan fingerprint density at radius 1 is 1.17 bits per heavy atom. The first-order chi connectivity index (χ1) is 8.78. The van der Waals surface area contributed by atoms with Crippen LogP contribution in [0.5, 0.6) is 0 Å². The van der Waals surface area contributed by atoms with Crippen molar-refractivity contribution in [1.82, 2.24) is 9.97 Å². The molecule has 94 valence electrons. The summed E-state index contributed by atoms with van der Waals surface area (Å²) in [6, 6.07) is 12.0. The monoisotopic (exact) mass is 259 g/mol. The van der Waals surface area contributed by atoms with Crippen LogP contribution in [0.15, 0.2) is 36.4 Å². The van der Waals surface area contributed by atoms with Crippen LogP contribution in [-0.4, -0.2) is 15.7 Å². The van der Waals surface area contributed by atoms with Gasteiger partial charge in [0.05, 0.1) is 5.69 Å². The molecule has 18 heavy (non-hydrogen) atoms. The second kappa shape index (κ2) is 6.40. The lowest BCUT2D eigenvalue weighted by atomic mass is 10.3. The van der Waals surface area contributed by atoms with Gasteiger partial charge in [0.2, 0.25) is 5.95 Å². The first-order valence-electron chi connectivity index (χ1n) is 6.02. The quantitative estimate of drug-likeness (QED) is 0.886. The van der Waals surface area contributed by atoms with Gasteiger partial charge in [0.15, 0.2) is 0 Å². The summed E-state index contributed by atoms with van der Waals surface area (Å²) in [6.45, 7) is 4.15. The molecule has 0 unspecified atom stereocenters. The van der Waals surface area contributed by atoms with E-state index in [0.29, 0.717) is 5.95 Å². The Kier molecular flexibility index (Phi) is 4.59. The van der Waals surface area contributed by atoms with Crippen LogP contribution in [0, 0.1) is 6.92 Å². The highest BCUT2D eigenvalue weighted by Crippen LogP contribution is 2.16. The molecule has 0 fully saturated rings. The molecule has 1 aromatic heterocycles. The Balaban J connectivity index is 2.15. The van der Waals surface area contributed by atoms with Crippen LogP contribution in [0.25, 0.3) is 0 Å². The van der Waals surface area contributed by atoms with E-state index in [2.05, 4.69) is 22.2 Å². The normalized spacial score (nSPS) is 10.3. The molecule has 0 aliphatic heterocycles. The lowest BCUT2D eigenvalue weighted by Gasteiger charge is -2.07. The number of thioether (sulfide) groups is 1. The maximum atomic E-state index is 4.52. The summed E-state index contributed by atoms with van der Waals surface area (Å²) in [7, 11) is 0. The van der Waals surface area contributed by atoms with Gasteiger partial charge < -0.3 is 5.32 Å². The smallest absolute Gasteiger partial charge is 0.227 e. The number of aryl methyl sites for hydroxylation is 1. The molecule has 0 atom stereocenters. The Morgan fingerprint density at radius 2 is 1.94 bits per heavy atom. The zero-order chi connectivity index (χ0) is 12.8. The van der Waals surface area contributed by atoms with Crippen LogP contribution >= 0.6 is 11.8 Å². The van der Waals surface area contributed by atoms with E-state index in [9.17, 15) is 0 Å². The summed E-state index contributed by atoms with van der Waals surface area (Å²) in [5.41, 5.74) is 3.08. The average Bonchev–Trinajstić information content (AvgIpc) is 2.37. The van der Waals surface area contributed by atoms with E-state index in [1.807, 2.05) is 55.1 Å². The Morgan fingerprint density at radius 3 is 2.67 bits per heavy atom. The number of rotatable bonds is 5. The van der Waals surface area contributed by atoms with Crippen molar-refractivity contribution < 1.29 is 0 Å². The van der Waals surface area contributed by atoms with E-state index in [1.165, 1.54) is 0 Å². The first-order valence-corrected chi connectivity index (χ1v) is 7.18. The molecule has 0 aliphatic carbocycles. The number of hydrogen-bond donors (Lipinski definition) is 1. The van der Waals surface area contributed by atoms with Gasteiger partial charge in [-0.1, -0.05) is 25.1 Å². The average molecular weight is 259 g/mol. The minimum Gasteiger partial charge on any atom is -0.324 e. The third kappa shape index (κ3) is 3.74. The lowest BCUT2D eigenvalue weighted by molar-refractivity contribution is 1.05. The van der Waals surface area contributed by atoms with Crippen molar-refractivity contribution in [3.63, 3.8) is 0 Å². The molecule has 1 N–H and O–H groups in total. The predicted octanol–water partition coefficient (Wildman–Crippen LogP) is 3.78. The van der Waals surface area contributed by atoms with Gasteiger partial charge in [0.1, 0.15) is 0 Å². The molecular weight excluding hydrogens is 242 g/mol. The minimum atomic E-state index is 0.674. The number of aromatic nitrogens is 2. The largest absolute Gasteiger partial charge is 0.324 e. The molecule has 0 bridgehead atoms. The summed E-state index contributed by atoms with van der Waals surface area (Å²) >= 11 is 1.87. The standard InChI is InChI=1S/C14H17N3S/c1-3-18-10-13-9-11(2)15-14(17-13)16-12-7-5-4-6-8-12/h4-9H,3,10H2,1-2H3,(H,15,16,17). The molecule has 0 saturated heterocycles. The molecule has 1 heterocycles. The number of benzene rings is 1. The molecule has 4 heteroatoms. The van der Waals surface area contributed by atoms with Crippen LogP contribution < -0.4 is 5.32 Å². The molecule has 1 aromatic carbocycles. The highest BCUT2D eigenvalue weighted by atomic mass is 32.2. The summed E-state index contributed by atoms with van der Waals surface area (Å²) in [4.78, 5) is 8.93. The van der Waals surface area contributed by atoms with Crippen LogP contribution in [0.3, 0.4) is 0 Å². The molecule has 2 rings (SSSR count). The number of nitrogens with one attached hydrogen (secondary N) is 1. The van der Waals surface area contributed by atoms with Gasteiger partial charge in [0.25, 0.3) is 0 Å². The summed E-state index contributed by atoms with van der Waals surface area (Å²) in [5, 5.41) is 3.23. The lowest BCUT2D eigenvalue weighted by Crippen LogP contribution is -2.01. The predicted molar refractivity (Wildman–Crippen MR) is 78.3 cm³/mol. The van der Waals surface area contributed by atoms with Crippen molar-refractivity contribution >= 4 is 23.4 Å². The third-order valence-corrected chi connectivity index (χ3v) is 3.30. The van der Waals surface area contributed by atoms with Crippen molar-refractivity contribution in [3.8, 4) is 0 Å². The fourth-order valence-electron chi connectivity index (χ4n) is 1.62. The first kappa shape index (κ1) is 12.9. The molecule has 0 aliphatic rings. The zero-order valence-electron chi connectivity index (χ0n) is 10.7. The van der Waals surface area contributed by atoms with Gasteiger partial charge in [-0.05, 0) is 30.9 Å². The maximum absolute atomic E-state index is 4.52. The fourth-order valence-corrected chi connectivity index (χ4v) is 2.18. The topological polar surface area (TPSA) is 37.8 Å². The minimum absolute atomic E-state index is 0.674. The Hall–Kier alpha value is -1.55. The van der Waals surface area contributed by atoms with Crippen molar-refractivity contribution in [2.24, 2.45) is 0 Å². The molecule has 0 radical (unpaired) electrons. The molecule has 0 saturated carbocycles.